The van der Waals surface area contributed by atoms with Gasteiger partial charge in [0.25, 0.3) is 0 Å². The van der Waals surface area contributed by atoms with Gasteiger partial charge in [0, 0.05) is 37.7 Å². The Balaban J connectivity index is 1.62. The van der Waals surface area contributed by atoms with Gasteiger partial charge < -0.3 is 24.4 Å². The number of nitrogens with one attached hydrogen (secondary N) is 1. The monoisotopic (exact) mass is 500 g/mol. The summed E-state index contributed by atoms with van der Waals surface area (Å²) in [6.45, 7) is 6.43. The molecule has 0 bridgehead atoms. The lowest BCUT2D eigenvalue weighted by molar-refractivity contribution is -0.116. The van der Waals surface area contributed by atoms with Crippen LogP contribution in [0.1, 0.15) is 20.3 Å². The molecular weight excluding hydrogens is 472 g/mol. The van der Waals surface area contributed by atoms with Gasteiger partial charge in [-0.25, -0.2) is 9.97 Å². The number of ketones is 2. The number of carbonyl (C=O) groups excluding carboxylic acids is 2. The Morgan fingerprint density at radius 1 is 1.09 bits per heavy atom. The van der Waals surface area contributed by atoms with Crippen LogP contribution in [0.3, 0.4) is 0 Å². The van der Waals surface area contributed by atoms with Crippen molar-refractivity contribution in [1.29, 1.82) is 0 Å². The van der Waals surface area contributed by atoms with Gasteiger partial charge in [0.05, 0.1) is 24.9 Å². The number of nitrogens with zero attached hydrogens (tertiary/aromatic N) is 3. The molecule has 1 aliphatic carbocycles. The second-order valence-electron chi connectivity index (χ2n) is 8.97. The third kappa shape index (κ3) is 5.26. The Hall–Kier alpha value is -3.17. The Morgan fingerprint density at radius 3 is 2.51 bits per heavy atom. The predicted molar refractivity (Wildman–Crippen MR) is 133 cm³/mol. The number of Topliss-reactive ketones (excluding diaryl/α,β-unsaturated/α-hetero) is 1. The molecule has 1 aromatic heterocycles. The van der Waals surface area contributed by atoms with E-state index < -0.39 is 5.78 Å². The van der Waals surface area contributed by atoms with Crippen LogP contribution in [0.2, 0.25) is 0 Å². The van der Waals surface area contributed by atoms with Crippen molar-refractivity contribution in [3.8, 4) is 11.5 Å². The number of hydrogen-bond donors (Lipinski definition) is 1. The van der Waals surface area contributed by atoms with Crippen molar-refractivity contribution in [2.24, 2.45) is 11.8 Å². The van der Waals surface area contributed by atoms with Crippen LogP contribution < -0.4 is 14.8 Å². The second kappa shape index (κ2) is 10.6. The number of carbonyl (C=O) groups is 2. The summed E-state index contributed by atoms with van der Waals surface area (Å²) < 4.78 is 16.2. The highest BCUT2D eigenvalue weighted by Crippen LogP contribution is 2.35. The zero-order valence-electron chi connectivity index (χ0n) is 20.3. The first-order valence-corrected chi connectivity index (χ1v) is 11.9. The van der Waals surface area contributed by atoms with E-state index in [0.29, 0.717) is 66.4 Å². The number of halogens is 1. The number of hydrogen-bond acceptors (Lipinski definition) is 9. The van der Waals surface area contributed by atoms with Gasteiger partial charge in [-0.1, -0.05) is 25.4 Å². The van der Waals surface area contributed by atoms with Crippen molar-refractivity contribution in [3.63, 3.8) is 0 Å². The highest BCUT2D eigenvalue weighted by atomic mass is 35.5. The third-order valence-corrected chi connectivity index (χ3v) is 6.42. The molecule has 1 fully saturated rings. The van der Waals surface area contributed by atoms with E-state index in [4.69, 9.17) is 25.8 Å². The van der Waals surface area contributed by atoms with Gasteiger partial charge in [-0.2, -0.15) is 0 Å². The SMILES string of the molecule is COCCOc1cc2ncnc(NC3=CC(=O)C(N4CC(C)CC(C)C4)=C(Cl)C3=O)c2cc1OC. The summed E-state index contributed by atoms with van der Waals surface area (Å²) in [6, 6.07) is 3.44. The van der Waals surface area contributed by atoms with Gasteiger partial charge in [0.1, 0.15) is 29.5 Å². The summed E-state index contributed by atoms with van der Waals surface area (Å²) in [5.74, 6) is 1.39. The van der Waals surface area contributed by atoms with Gasteiger partial charge in [0.2, 0.25) is 11.6 Å². The smallest absolute Gasteiger partial charge is 0.222 e. The maximum absolute atomic E-state index is 13.2. The summed E-state index contributed by atoms with van der Waals surface area (Å²) in [5, 5.41) is 3.50. The molecule has 0 saturated carbocycles. The first-order valence-electron chi connectivity index (χ1n) is 11.5. The molecule has 2 heterocycles. The molecule has 9 nitrogen and oxygen atoms in total. The maximum atomic E-state index is 13.2. The normalized spacial score (nSPS) is 20.8. The van der Waals surface area contributed by atoms with E-state index >= 15 is 0 Å². The van der Waals surface area contributed by atoms with Crippen molar-refractivity contribution in [1.82, 2.24) is 14.9 Å². The molecule has 0 radical (unpaired) electrons. The average molecular weight is 501 g/mol. The van der Waals surface area contributed by atoms with E-state index in [1.165, 1.54) is 19.5 Å². The number of likely N-dealkylation sites (tertiary alicyclic amines) is 1. The van der Waals surface area contributed by atoms with Crippen molar-refractivity contribution in [3.05, 3.63) is 41.0 Å². The fourth-order valence-electron chi connectivity index (χ4n) is 4.63. The highest BCUT2D eigenvalue weighted by Gasteiger charge is 2.34. The second-order valence-corrected chi connectivity index (χ2v) is 9.35. The van der Waals surface area contributed by atoms with Gasteiger partial charge in [-0.3, -0.25) is 9.59 Å². The summed E-state index contributed by atoms with van der Waals surface area (Å²) >= 11 is 6.47. The molecule has 1 N–H and O–H groups in total. The van der Waals surface area contributed by atoms with Crippen LogP contribution in [0.15, 0.2) is 41.0 Å². The van der Waals surface area contributed by atoms with Crippen LogP contribution in [0.5, 0.6) is 11.5 Å². The lowest BCUT2D eigenvalue weighted by Gasteiger charge is -2.38. The van der Waals surface area contributed by atoms with Crippen LogP contribution in [0, 0.1) is 11.8 Å². The fraction of sp³-hybridized carbons (Fsp3) is 0.440. The Labute approximate surface area is 209 Å². The van der Waals surface area contributed by atoms with Gasteiger partial charge in [-0.15, -0.1) is 0 Å². The van der Waals surface area contributed by atoms with Gasteiger partial charge in [0.15, 0.2) is 11.5 Å². The largest absolute Gasteiger partial charge is 0.493 e. The number of anilines is 1. The van der Waals surface area contributed by atoms with E-state index in [2.05, 4.69) is 29.1 Å². The molecule has 2 aromatic rings. The minimum Gasteiger partial charge on any atom is -0.493 e. The quantitative estimate of drug-likeness (QED) is 0.430. The predicted octanol–water partition coefficient (Wildman–Crippen LogP) is 3.54. The lowest BCUT2D eigenvalue weighted by Crippen LogP contribution is -2.42. The van der Waals surface area contributed by atoms with Crippen LogP contribution in [0.4, 0.5) is 5.82 Å². The standard InChI is InChI=1S/C25H29ClN4O5/c1-14-7-15(2)12-30(11-14)23-19(31)9-18(24(32)22(23)26)29-25-16-8-20(34-4)21(35-6-5-33-3)10-17(16)27-13-28-25/h8-10,13-15H,5-7,11-12H2,1-4H3,(H,27,28,29). The number of piperidine rings is 1. The summed E-state index contributed by atoms with van der Waals surface area (Å²) in [7, 11) is 3.12. The molecular formula is C25H29ClN4O5. The summed E-state index contributed by atoms with van der Waals surface area (Å²) in [5.41, 5.74) is 0.901. The molecule has 2 unspecified atom stereocenters. The van der Waals surface area contributed by atoms with E-state index in [1.54, 1.807) is 19.2 Å². The number of aromatic nitrogens is 2. The van der Waals surface area contributed by atoms with Crippen LogP contribution in [0.25, 0.3) is 10.9 Å². The molecule has 2 aliphatic rings. The minimum atomic E-state index is -0.453. The number of benzene rings is 1. The zero-order chi connectivity index (χ0) is 25.1. The number of methoxy groups -OCH3 is 2. The number of fused-ring (bicyclic) bond motifs is 1. The molecule has 35 heavy (non-hydrogen) atoms. The molecule has 0 amide bonds. The number of allylic oxidation sites excluding steroid dienone is 2. The average Bonchev–Trinajstić information content (AvgIpc) is 2.81. The van der Waals surface area contributed by atoms with Crippen LogP contribution >= 0.6 is 11.6 Å². The Bertz CT molecular complexity index is 1200. The third-order valence-electron chi connectivity index (χ3n) is 6.06. The molecule has 1 saturated heterocycles. The first-order chi connectivity index (χ1) is 16.8. The first kappa shape index (κ1) is 24.9. The van der Waals surface area contributed by atoms with E-state index in [1.807, 2.05) is 4.90 Å². The van der Waals surface area contributed by atoms with Crippen LogP contribution in [-0.2, 0) is 14.3 Å². The maximum Gasteiger partial charge on any atom is 0.222 e. The number of ether oxygens (including phenoxy) is 3. The molecule has 10 heteroatoms. The molecule has 2 atom stereocenters. The van der Waals surface area contributed by atoms with Gasteiger partial charge in [-0.05, 0) is 24.3 Å². The van der Waals surface area contributed by atoms with Crippen molar-refractivity contribution in [2.75, 3.05) is 45.8 Å². The van der Waals surface area contributed by atoms with Crippen molar-refractivity contribution >= 4 is 39.9 Å². The fourth-order valence-corrected chi connectivity index (χ4v) is 4.94. The molecule has 1 aliphatic heterocycles. The van der Waals surface area contributed by atoms with Crippen molar-refractivity contribution < 1.29 is 23.8 Å². The molecule has 186 valence electrons. The van der Waals surface area contributed by atoms with E-state index in [9.17, 15) is 9.59 Å². The number of rotatable bonds is 8. The Morgan fingerprint density at radius 2 is 1.83 bits per heavy atom. The van der Waals surface area contributed by atoms with Gasteiger partial charge >= 0.3 is 0 Å². The van der Waals surface area contributed by atoms with E-state index in [0.717, 1.165) is 6.42 Å². The zero-order valence-corrected chi connectivity index (χ0v) is 21.0. The van der Waals surface area contributed by atoms with Crippen LogP contribution in [-0.4, -0.2) is 67.0 Å². The molecule has 1 aromatic carbocycles. The topological polar surface area (TPSA) is 103 Å². The molecule has 4 rings (SSSR count). The van der Waals surface area contributed by atoms with E-state index in [-0.39, 0.29) is 22.2 Å². The molecule has 0 spiro atoms. The minimum absolute atomic E-state index is 0.0567. The highest BCUT2D eigenvalue weighted by molar-refractivity contribution is 6.49. The Kier molecular flexibility index (Phi) is 7.57. The summed E-state index contributed by atoms with van der Waals surface area (Å²) in [6.07, 6.45) is 3.74. The summed E-state index contributed by atoms with van der Waals surface area (Å²) in [4.78, 5) is 36.7. The lowest BCUT2D eigenvalue weighted by atomic mass is 9.90. The van der Waals surface area contributed by atoms with Crippen molar-refractivity contribution in [2.45, 2.75) is 20.3 Å².